The number of aliphatic hydroxyl groups is 1. The standard InChI is InChI=1S/C9H9IO3/c1-6-2-3-8(7(10)4-6)13-9(12)5-11/h2-4,11H,5H2,1H3. The normalized spacial score (nSPS) is 9.77. The van der Waals surface area contributed by atoms with Crippen LogP contribution in [0.15, 0.2) is 18.2 Å². The van der Waals surface area contributed by atoms with E-state index < -0.39 is 12.6 Å². The zero-order valence-electron chi connectivity index (χ0n) is 7.08. The number of esters is 1. The lowest BCUT2D eigenvalue weighted by Gasteiger charge is -2.04. The van der Waals surface area contributed by atoms with Crippen LogP contribution in [0.25, 0.3) is 0 Å². The van der Waals surface area contributed by atoms with E-state index in [0.29, 0.717) is 5.75 Å². The highest BCUT2D eigenvalue weighted by Gasteiger charge is 2.05. The Balaban J connectivity index is 2.83. The molecule has 0 heterocycles. The molecule has 0 saturated carbocycles. The molecule has 0 radical (unpaired) electrons. The molecule has 13 heavy (non-hydrogen) atoms. The number of benzene rings is 1. The maximum atomic E-state index is 10.7. The molecule has 3 nitrogen and oxygen atoms in total. The Labute approximate surface area is 89.9 Å². The summed E-state index contributed by atoms with van der Waals surface area (Å²) in [4.78, 5) is 10.7. The first kappa shape index (κ1) is 10.5. The highest BCUT2D eigenvalue weighted by atomic mass is 127. The van der Waals surface area contributed by atoms with Crippen LogP contribution in [0, 0.1) is 10.5 Å². The average Bonchev–Trinajstić information content (AvgIpc) is 2.09. The van der Waals surface area contributed by atoms with E-state index in [0.717, 1.165) is 9.13 Å². The van der Waals surface area contributed by atoms with E-state index in [1.54, 1.807) is 6.07 Å². The van der Waals surface area contributed by atoms with Gasteiger partial charge in [-0.25, -0.2) is 4.79 Å². The van der Waals surface area contributed by atoms with Gasteiger partial charge in [-0.3, -0.25) is 0 Å². The van der Waals surface area contributed by atoms with Gasteiger partial charge < -0.3 is 9.84 Å². The van der Waals surface area contributed by atoms with E-state index in [-0.39, 0.29) is 0 Å². The van der Waals surface area contributed by atoms with Crippen molar-refractivity contribution in [1.29, 1.82) is 0 Å². The quantitative estimate of drug-likeness (QED) is 0.510. The van der Waals surface area contributed by atoms with Gasteiger partial charge in [-0.15, -0.1) is 0 Å². The van der Waals surface area contributed by atoms with Crippen LogP contribution in [0.4, 0.5) is 0 Å². The fourth-order valence-corrected chi connectivity index (χ4v) is 1.62. The van der Waals surface area contributed by atoms with Crippen molar-refractivity contribution in [3.63, 3.8) is 0 Å². The van der Waals surface area contributed by atoms with Crippen molar-refractivity contribution >= 4 is 28.6 Å². The van der Waals surface area contributed by atoms with E-state index in [2.05, 4.69) is 22.6 Å². The van der Waals surface area contributed by atoms with Crippen molar-refractivity contribution < 1.29 is 14.6 Å². The third-order valence-electron chi connectivity index (χ3n) is 1.44. The van der Waals surface area contributed by atoms with E-state index >= 15 is 0 Å². The lowest BCUT2D eigenvalue weighted by molar-refractivity contribution is -0.137. The van der Waals surface area contributed by atoms with Crippen LogP contribution in [0.1, 0.15) is 5.56 Å². The molecule has 0 atom stereocenters. The number of ether oxygens (including phenoxy) is 1. The second-order valence-corrected chi connectivity index (χ2v) is 3.73. The maximum absolute atomic E-state index is 10.7. The Hall–Kier alpha value is -0.620. The van der Waals surface area contributed by atoms with Crippen molar-refractivity contribution in [2.24, 2.45) is 0 Å². The summed E-state index contributed by atoms with van der Waals surface area (Å²) in [7, 11) is 0. The summed E-state index contributed by atoms with van der Waals surface area (Å²) < 4.78 is 5.71. The molecule has 1 aromatic rings. The Morgan fingerprint density at radius 2 is 2.31 bits per heavy atom. The average molecular weight is 292 g/mol. The largest absolute Gasteiger partial charge is 0.424 e. The van der Waals surface area contributed by atoms with Crippen LogP contribution in [0.2, 0.25) is 0 Å². The van der Waals surface area contributed by atoms with Gasteiger partial charge >= 0.3 is 5.97 Å². The molecule has 4 heteroatoms. The topological polar surface area (TPSA) is 46.5 Å². The molecule has 0 saturated heterocycles. The molecule has 0 aromatic heterocycles. The monoisotopic (exact) mass is 292 g/mol. The van der Waals surface area contributed by atoms with Gasteiger partial charge in [-0.1, -0.05) is 6.07 Å². The maximum Gasteiger partial charge on any atom is 0.337 e. The molecule has 1 N–H and O–H groups in total. The summed E-state index contributed by atoms with van der Waals surface area (Å²) in [5, 5.41) is 8.46. The SMILES string of the molecule is Cc1ccc(OC(=O)CO)c(I)c1. The lowest BCUT2D eigenvalue weighted by Crippen LogP contribution is -2.12. The van der Waals surface area contributed by atoms with Crippen LogP contribution in [-0.4, -0.2) is 17.7 Å². The zero-order valence-corrected chi connectivity index (χ0v) is 9.24. The molecule has 0 spiro atoms. The number of carbonyl (C=O) groups excluding carboxylic acids is 1. The summed E-state index contributed by atoms with van der Waals surface area (Å²) in [6.45, 7) is 1.36. The second kappa shape index (κ2) is 4.57. The first-order chi connectivity index (χ1) is 6.13. The Kier molecular flexibility index (Phi) is 3.68. The predicted molar refractivity (Wildman–Crippen MR) is 56.6 cm³/mol. The molecule has 1 aromatic carbocycles. The van der Waals surface area contributed by atoms with Crippen LogP contribution >= 0.6 is 22.6 Å². The zero-order chi connectivity index (χ0) is 9.84. The van der Waals surface area contributed by atoms with Crippen LogP contribution < -0.4 is 4.74 Å². The molecule has 0 fully saturated rings. The molecule has 1 rings (SSSR count). The fourth-order valence-electron chi connectivity index (χ4n) is 0.844. The number of aliphatic hydroxyl groups excluding tert-OH is 1. The first-order valence-corrected chi connectivity index (χ1v) is 4.79. The molecule has 0 aliphatic heterocycles. The number of carbonyl (C=O) groups is 1. The Morgan fingerprint density at radius 1 is 1.62 bits per heavy atom. The molecule has 0 amide bonds. The lowest BCUT2D eigenvalue weighted by atomic mass is 10.2. The summed E-state index contributed by atoms with van der Waals surface area (Å²) in [5.74, 6) is -0.146. The van der Waals surface area contributed by atoms with E-state index in [1.807, 2.05) is 19.1 Å². The van der Waals surface area contributed by atoms with Gasteiger partial charge in [-0.05, 0) is 47.2 Å². The molecule has 70 valence electrons. The minimum Gasteiger partial charge on any atom is -0.424 e. The molecule has 0 aliphatic carbocycles. The van der Waals surface area contributed by atoms with Gasteiger partial charge in [-0.2, -0.15) is 0 Å². The molecule has 0 aliphatic rings. The predicted octanol–water partition coefficient (Wildman–Crippen LogP) is 1.50. The second-order valence-electron chi connectivity index (χ2n) is 2.57. The number of aryl methyl sites for hydroxylation is 1. The molecular formula is C9H9IO3. The van der Waals surface area contributed by atoms with E-state index in [4.69, 9.17) is 9.84 Å². The highest BCUT2D eigenvalue weighted by molar-refractivity contribution is 14.1. The van der Waals surface area contributed by atoms with Crippen LogP contribution in [-0.2, 0) is 4.79 Å². The van der Waals surface area contributed by atoms with Crippen LogP contribution in [0.5, 0.6) is 5.75 Å². The summed E-state index contributed by atoms with van der Waals surface area (Å²) >= 11 is 2.08. The van der Waals surface area contributed by atoms with Crippen molar-refractivity contribution in [3.8, 4) is 5.75 Å². The van der Waals surface area contributed by atoms with Gasteiger partial charge in [0.1, 0.15) is 12.4 Å². The van der Waals surface area contributed by atoms with Gasteiger partial charge in [0, 0.05) is 0 Å². The summed E-state index contributed by atoms with van der Waals surface area (Å²) in [6, 6.07) is 5.47. The van der Waals surface area contributed by atoms with Crippen molar-refractivity contribution in [1.82, 2.24) is 0 Å². The minimum absolute atomic E-state index is 0.491. The highest BCUT2D eigenvalue weighted by Crippen LogP contribution is 2.21. The summed E-state index contributed by atoms with van der Waals surface area (Å²) in [5.41, 5.74) is 1.10. The third kappa shape index (κ3) is 2.96. The fraction of sp³-hybridized carbons (Fsp3) is 0.222. The smallest absolute Gasteiger partial charge is 0.337 e. The van der Waals surface area contributed by atoms with E-state index in [1.165, 1.54) is 0 Å². The van der Waals surface area contributed by atoms with Crippen LogP contribution in [0.3, 0.4) is 0 Å². The van der Waals surface area contributed by atoms with Crippen molar-refractivity contribution in [3.05, 3.63) is 27.3 Å². The minimum atomic E-state index is -0.637. The van der Waals surface area contributed by atoms with Crippen molar-refractivity contribution in [2.75, 3.05) is 6.61 Å². The van der Waals surface area contributed by atoms with E-state index in [9.17, 15) is 4.79 Å². The van der Waals surface area contributed by atoms with Crippen molar-refractivity contribution in [2.45, 2.75) is 6.92 Å². The summed E-state index contributed by atoms with van der Waals surface area (Å²) in [6.07, 6.45) is 0. The van der Waals surface area contributed by atoms with Gasteiger partial charge in [0.25, 0.3) is 0 Å². The Morgan fingerprint density at radius 3 is 2.85 bits per heavy atom. The van der Waals surface area contributed by atoms with Gasteiger partial charge in [0.2, 0.25) is 0 Å². The molecular weight excluding hydrogens is 283 g/mol. The number of rotatable bonds is 2. The van der Waals surface area contributed by atoms with Gasteiger partial charge in [0.15, 0.2) is 0 Å². The number of halogens is 1. The number of hydrogen-bond donors (Lipinski definition) is 1. The number of hydrogen-bond acceptors (Lipinski definition) is 3. The first-order valence-electron chi connectivity index (χ1n) is 3.71. The Bertz CT molecular complexity index is 323. The third-order valence-corrected chi connectivity index (χ3v) is 2.28. The molecule has 0 unspecified atom stereocenters. The van der Waals surface area contributed by atoms with Gasteiger partial charge in [0.05, 0.1) is 3.57 Å². The molecule has 0 bridgehead atoms.